The predicted octanol–water partition coefficient (Wildman–Crippen LogP) is 3.09. The van der Waals surface area contributed by atoms with Crippen LogP contribution in [0, 0.1) is 13.8 Å². The number of hydrogen-bond donors (Lipinski definition) is 0. The van der Waals surface area contributed by atoms with E-state index in [4.69, 9.17) is 4.52 Å². The summed E-state index contributed by atoms with van der Waals surface area (Å²) in [5, 5.41) is 3.90. The summed E-state index contributed by atoms with van der Waals surface area (Å²) in [6.45, 7) is 9.40. The van der Waals surface area contributed by atoms with Crippen molar-refractivity contribution in [2.24, 2.45) is 0 Å². The van der Waals surface area contributed by atoms with Gasteiger partial charge in [-0.05, 0) is 26.7 Å². The minimum absolute atomic E-state index is 0.0252. The van der Waals surface area contributed by atoms with Gasteiger partial charge in [0.2, 0.25) is 0 Å². The highest BCUT2D eigenvalue weighted by Gasteiger charge is 2.29. The summed E-state index contributed by atoms with van der Waals surface area (Å²) in [4.78, 5) is 19.2. The number of carbonyl (C=O) groups is 1. The Labute approximate surface area is 136 Å². The second-order valence-corrected chi connectivity index (χ2v) is 6.59. The first-order valence-corrected chi connectivity index (χ1v) is 8.24. The van der Waals surface area contributed by atoms with E-state index in [1.807, 2.05) is 24.2 Å². The van der Waals surface area contributed by atoms with Crippen molar-refractivity contribution in [2.45, 2.75) is 52.5 Å². The number of aromatic nitrogens is 3. The fourth-order valence-corrected chi connectivity index (χ4v) is 3.39. The van der Waals surface area contributed by atoms with E-state index >= 15 is 0 Å². The van der Waals surface area contributed by atoms with Crippen LogP contribution >= 0.6 is 0 Å². The summed E-state index contributed by atoms with van der Waals surface area (Å²) in [5.74, 6) is 2.08. The van der Waals surface area contributed by atoms with Gasteiger partial charge < -0.3 is 14.0 Å². The van der Waals surface area contributed by atoms with Gasteiger partial charge in [0.15, 0.2) is 0 Å². The van der Waals surface area contributed by atoms with Gasteiger partial charge in [0.1, 0.15) is 17.1 Å². The molecule has 3 rings (SSSR count). The van der Waals surface area contributed by atoms with Crippen LogP contribution < -0.4 is 0 Å². The molecule has 6 nitrogen and oxygen atoms in total. The van der Waals surface area contributed by atoms with Crippen LogP contribution in [0.2, 0.25) is 0 Å². The Bertz CT molecular complexity index is 682. The molecule has 6 heteroatoms. The zero-order valence-corrected chi connectivity index (χ0v) is 14.2. The second-order valence-electron chi connectivity index (χ2n) is 6.59. The molecule has 0 aliphatic carbocycles. The molecular weight excluding hydrogens is 292 g/mol. The smallest absolute Gasteiger partial charge is 0.259 e. The van der Waals surface area contributed by atoms with E-state index in [2.05, 4.69) is 28.6 Å². The molecular formula is C17H24N4O2. The molecule has 1 aliphatic heterocycles. The molecule has 0 spiro atoms. The first kappa shape index (κ1) is 15.8. The summed E-state index contributed by atoms with van der Waals surface area (Å²) in [7, 11) is 0. The average Bonchev–Trinajstić information content (AvgIpc) is 3.14. The van der Waals surface area contributed by atoms with E-state index in [0.29, 0.717) is 29.5 Å². The third-order valence-electron chi connectivity index (χ3n) is 4.54. The van der Waals surface area contributed by atoms with Crippen molar-refractivity contribution in [3.05, 3.63) is 35.2 Å². The molecule has 0 N–H and O–H groups in total. The maximum atomic E-state index is 12.8. The third kappa shape index (κ3) is 2.90. The number of imidazole rings is 1. The van der Waals surface area contributed by atoms with Gasteiger partial charge in [-0.15, -0.1) is 0 Å². The van der Waals surface area contributed by atoms with Crippen LogP contribution in [0.15, 0.2) is 16.9 Å². The molecule has 0 bridgehead atoms. The molecule has 0 saturated carbocycles. The Balaban J connectivity index is 1.81. The second kappa shape index (κ2) is 6.18. The Kier molecular flexibility index (Phi) is 4.24. The summed E-state index contributed by atoms with van der Waals surface area (Å²) >= 11 is 0. The number of rotatable bonds is 3. The highest BCUT2D eigenvalue weighted by molar-refractivity contribution is 5.96. The fourth-order valence-electron chi connectivity index (χ4n) is 3.39. The van der Waals surface area contributed by atoms with Gasteiger partial charge in [-0.2, -0.15) is 0 Å². The number of likely N-dealkylation sites (tertiary alicyclic amines) is 1. The van der Waals surface area contributed by atoms with Gasteiger partial charge in [0.25, 0.3) is 5.91 Å². The lowest BCUT2D eigenvalue weighted by atomic mass is 10.0. The molecule has 23 heavy (non-hydrogen) atoms. The van der Waals surface area contributed by atoms with Gasteiger partial charge in [0, 0.05) is 31.4 Å². The Morgan fingerprint density at radius 2 is 2.17 bits per heavy atom. The Hall–Kier alpha value is -2.11. The lowest BCUT2D eigenvalue weighted by Gasteiger charge is -2.34. The topological polar surface area (TPSA) is 64.2 Å². The molecule has 1 saturated heterocycles. The quantitative estimate of drug-likeness (QED) is 0.873. The molecule has 1 unspecified atom stereocenters. The number of hydrogen-bond acceptors (Lipinski definition) is 4. The maximum absolute atomic E-state index is 12.8. The first-order valence-electron chi connectivity index (χ1n) is 8.24. The van der Waals surface area contributed by atoms with E-state index in [0.717, 1.165) is 25.2 Å². The van der Waals surface area contributed by atoms with Crippen molar-refractivity contribution in [1.82, 2.24) is 19.6 Å². The van der Waals surface area contributed by atoms with Crippen LogP contribution in [0.4, 0.5) is 0 Å². The van der Waals surface area contributed by atoms with E-state index < -0.39 is 0 Å². The molecule has 1 fully saturated rings. The highest BCUT2D eigenvalue weighted by atomic mass is 16.5. The predicted molar refractivity (Wildman–Crippen MR) is 86.5 cm³/mol. The van der Waals surface area contributed by atoms with Crippen molar-refractivity contribution < 1.29 is 9.32 Å². The zero-order valence-electron chi connectivity index (χ0n) is 14.2. The molecule has 0 aromatic carbocycles. The summed E-state index contributed by atoms with van der Waals surface area (Å²) < 4.78 is 7.38. The SMILES string of the molecule is Cc1noc(C)c1C(=O)N1CCCC(n2ccnc2C(C)C)C1. The van der Waals surface area contributed by atoms with Crippen LogP contribution in [0.3, 0.4) is 0 Å². The fraction of sp³-hybridized carbons (Fsp3) is 0.588. The van der Waals surface area contributed by atoms with E-state index in [1.165, 1.54) is 0 Å². The molecule has 124 valence electrons. The van der Waals surface area contributed by atoms with E-state index in [-0.39, 0.29) is 11.9 Å². The normalized spacial score (nSPS) is 18.7. The minimum atomic E-state index is 0.0252. The summed E-state index contributed by atoms with van der Waals surface area (Å²) in [6, 6.07) is 0.285. The summed E-state index contributed by atoms with van der Waals surface area (Å²) in [6.07, 6.45) is 5.95. The van der Waals surface area contributed by atoms with Crippen LogP contribution in [0.5, 0.6) is 0 Å². The molecule has 2 aromatic rings. The van der Waals surface area contributed by atoms with Crippen LogP contribution in [0.25, 0.3) is 0 Å². The van der Waals surface area contributed by atoms with Gasteiger partial charge in [-0.3, -0.25) is 4.79 Å². The van der Waals surface area contributed by atoms with E-state index in [1.54, 1.807) is 6.92 Å². The molecule has 1 amide bonds. The van der Waals surface area contributed by atoms with Crippen molar-refractivity contribution in [3.63, 3.8) is 0 Å². The number of amides is 1. The van der Waals surface area contributed by atoms with Crippen LogP contribution in [-0.2, 0) is 0 Å². The van der Waals surface area contributed by atoms with Crippen molar-refractivity contribution in [2.75, 3.05) is 13.1 Å². The molecule has 2 aromatic heterocycles. The largest absolute Gasteiger partial charge is 0.361 e. The highest BCUT2D eigenvalue weighted by Crippen LogP contribution is 2.27. The molecule has 1 atom stereocenters. The van der Waals surface area contributed by atoms with Crippen LogP contribution in [0.1, 0.15) is 66.3 Å². The van der Waals surface area contributed by atoms with Gasteiger partial charge in [-0.25, -0.2) is 4.98 Å². The van der Waals surface area contributed by atoms with Gasteiger partial charge in [0.05, 0.1) is 11.7 Å². The monoisotopic (exact) mass is 316 g/mol. The number of nitrogens with zero attached hydrogens (tertiary/aromatic N) is 4. The number of piperidine rings is 1. The van der Waals surface area contributed by atoms with Gasteiger partial charge >= 0.3 is 0 Å². The molecule has 3 heterocycles. The minimum Gasteiger partial charge on any atom is -0.361 e. The van der Waals surface area contributed by atoms with Gasteiger partial charge in [-0.1, -0.05) is 19.0 Å². The first-order chi connectivity index (χ1) is 11.0. The Morgan fingerprint density at radius 1 is 1.39 bits per heavy atom. The van der Waals surface area contributed by atoms with E-state index in [9.17, 15) is 4.79 Å². The Morgan fingerprint density at radius 3 is 2.83 bits per heavy atom. The van der Waals surface area contributed by atoms with Crippen molar-refractivity contribution in [1.29, 1.82) is 0 Å². The third-order valence-corrected chi connectivity index (χ3v) is 4.54. The average molecular weight is 316 g/mol. The standard InChI is InChI=1S/C17H24N4O2/c1-11(2)16-18-7-9-21(16)14-6-5-8-20(10-14)17(22)15-12(3)19-23-13(15)4/h7,9,11,14H,5-6,8,10H2,1-4H3. The number of aryl methyl sites for hydroxylation is 2. The van der Waals surface area contributed by atoms with Crippen molar-refractivity contribution >= 4 is 5.91 Å². The lowest BCUT2D eigenvalue weighted by molar-refractivity contribution is 0.0675. The van der Waals surface area contributed by atoms with Crippen molar-refractivity contribution in [3.8, 4) is 0 Å². The lowest BCUT2D eigenvalue weighted by Crippen LogP contribution is -2.41. The number of carbonyl (C=O) groups excluding carboxylic acids is 1. The van der Waals surface area contributed by atoms with Crippen LogP contribution in [-0.4, -0.2) is 38.6 Å². The molecule has 0 radical (unpaired) electrons. The molecule has 1 aliphatic rings. The maximum Gasteiger partial charge on any atom is 0.259 e. The summed E-state index contributed by atoms with van der Waals surface area (Å²) in [5.41, 5.74) is 1.28. The zero-order chi connectivity index (χ0) is 16.6.